The molecule has 1 aromatic carbocycles. The van der Waals surface area contributed by atoms with Gasteiger partial charge in [-0.1, -0.05) is 12.1 Å². The van der Waals surface area contributed by atoms with Crippen LogP contribution in [0.3, 0.4) is 0 Å². The van der Waals surface area contributed by atoms with E-state index in [0.29, 0.717) is 12.3 Å². The van der Waals surface area contributed by atoms with Crippen molar-refractivity contribution < 1.29 is 14.3 Å². The Morgan fingerprint density at radius 2 is 2.15 bits per heavy atom. The molecule has 1 saturated carbocycles. The summed E-state index contributed by atoms with van der Waals surface area (Å²) < 4.78 is 10.9. The van der Waals surface area contributed by atoms with Crippen LogP contribution in [-0.2, 0) is 16.1 Å². The minimum atomic E-state index is -0.491. The summed E-state index contributed by atoms with van der Waals surface area (Å²) in [6.07, 6.45) is 3.59. The second-order valence-corrected chi connectivity index (χ2v) is 6.13. The summed E-state index contributed by atoms with van der Waals surface area (Å²) in [7, 11) is 1.74. The third-order valence-electron chi connectivity index (χ3n) is 3.77. The van der Waals surface area contributed by atoms with Crippen LogP contribution in [-0.4, -0.2) is 45.3 Å². The Bertz CT molecular complexity index is 579. The van der Waals surface area contributed by atoms with Crippen LogP contribution in [0, 0.1) is 5.92 Å². The first kappa shape index (κ1) is 22.5. The zero-order valence-corrected chi connectivity index (χ0v) is 17.5. The third-order valence-corrected chi connectivity index (χ3v) is 3.77. The van der Waals surface area contributed by atoms with Crippen molar-refractivity contribution in [1.82, 2.24) is 10.6 Å². The number of hydrogen-bond donors (Lipinski definition) is 3. The van der Waals surface area contributed by atoms with Crippen LogP contribution in [0.15, 0.2) is 29.3 Å². The number of nitrogens with one attached hydrogen (secondary N) is 2. The summed E-state index contributed by atoms with van der Waals surface area (Å²) in [4.78, 5) is 15.0. The van der Waals surface area contributed by atoms with Crippen LogP contribution in [0.2, 0.25) is 0 Å². The van der Waals surface area contributed by atoms with Crippen molar-refractivity contribution in [1.29, 1.82) is 0 Å². The highest BCUT2D eigenvalue weighted by Crippen LogP contribution is 2.28. The number of rotatable bonds is 11. The normalized spacial score (nSPS) is 13.7. The molecule has 0 aromatic heterocycles. The van der Waals surface area contributed by atoms with E-state index < -0.39 is 5.91 Å². The first-order valence-corrected chi connectivity index (χ1v) is 8.69. The number of guanidine groups is 1. The smallest absolute Gasteiger partial charge is 0.255 e. The number of primary amides is 1. The van der Waals surface area contributed by atoms with Gasteiger partial charge in [0.1, 0.15) is 5.75 Å². The van der Waals surface area contributed by atoms with Crippen LogP contribution in [0.4, 0.5) is 0 Å². The summed E-state index contributed by atoms with van der Waals surface area (Å²) in [5.74, 6) is 1.68. The molecule has 0 aliphatic heterocycles. The summed E-state index contributed by atoms with van der Waals surface area (Å²) >= 11 is 0. The van der Waals surface area contributed by atoms with Crippen LogP contribution in [0.5, 0.6) is 5.75 Å². The molecule has 2 rings (SSSR count). The van der Waals surface area contributed by atoms with Gasteiger partial charge in [-0.3, -0.25) is 9.79 Å². The standard InChI is InChI=1S/C18H28N4O3.HI/c1-20-18(21-8-3-9-24-12-14-6-7-14)22-11-15-4-2-5-16(10-15)25-13-17(19)23;/h2,4-5,10,14H,3,6-9,11-13H2,1H3,(H2,19,23)(H2,20,21,22);1H. The van der Waals surface area contributed by atoms with Gasteiger partial charge in [0, 0.05) is 33.4 Å². The number of hydrogen-bond acceptors (Lipinski definition) is 4. The van der Waals surface area contributed by atoms with Gasteiger partial charge >= 0.3 is 0 Å². The van der Waals surface area contributed by atoms with Crippen molar-refractivity contribution in [3.63, 3.8) is 0 Å². The molecule has 7 nitrogen and oxygen atoms in total. The molecule has 8 heteroatoms. The van der Waals surface area contributed by atoms with E-state index in [1.165, 1.54) is 12.8 Å². The molecule has 1 aliphatic carbocycles. The fraction of sp³-hybridized carbons (Fsp3) is 0.556. The fourth-order valence-electron chi connectivity index (χ4n) is 2.22. The van der Waals surface area contributed by atoms with E-state index in [1.807, 2.05) is 18.2 Å². The number of ether oxygens (including phenoxy) is 2. The van der Waals surface area contributed by atoms with Crippen molar-refractivity contribution in [2.24, 2.45) is 16.6 Å². The average Bonchev–Trinajstić information content (AvgIpc) is 3.43. The molecule has 1 aromatic rings. The largest absolute Gasteiger partial charge is 0.484 e. The van der Waals surface area contributed by atoms with Crippen LogP contribution < -0.4 is 21.1 Å². The Hall–Kier alpha value is -1.55. The lowest BCUT2D eigenvalue weighted by atomic mass is 10.2. The van der Waals surface area contributed by atoms with Gasteiger partial charge in [0.25, 0.3) is 5.91 Å². The van der Waals surface area contributed by atoms with Gasteiger partial charge in [-0.05, 0) is 42.9 Å². The van der Waals surface area contributed by atoms with Crippen molar-refractivity contribution in [3.8, 4) is 5.75 Å². The van der Waals surface area contributed by atoms with Gasteiger partial charge < -0.3 is 25.8 Å². The van der Waals surface area contributed by atoms with Gasteiger partial charge in [0.2, 0.25) is 0 Å². The zero-order valence-electron chi connectivity index (χ0n) is 15.2. The van der Waals surface area contributed by atoms with E-state index in [9.17, 15) is 4.79 Å². The van der Waals surface area contributed by atoms with Gasteiger partial charge in [-0.15, -0.1) is 24.0 Å². The molecule has 0 unspecified atom stereocenters. The number of benzene rings is 1. The van der Waals surface area contributed by atoms with Crippen molar-refractivity contribution in [2.75, 3.05) is 33.4 Å². The second-order valence-electron chi connectivity index (χ2n) is 6.13. The summed E-state index contributed by atoms with van der Waals surface area (Å²) in [5, 5.41) is 6.51. The molecule has 0 heterocycles. The molecule has 1 amide bonds. The summed E-state index contributed by atoms with van der Waals surface area (Å²) in [5.41, 5.74) is 6.11. The summed E-state index contributed by atoms with van der Waals surface area (Å²) in [6, 6.07) is 7.51. The van der Waals surface area contributed by atoms with Gasteiger partial charge in [-0.25, -0.2) is 0 Å². The average molecular weight is 476 g/mol. The minimum absolute atomic E-state index is 0. The molecule has 146 valence electrons. The van der Waals surface area contributed by atoms with E-state index >= 15 is 0 Å². The first-order valence-electron chi connectivity index (χ1n) is 8.69. The van der Waals surface area contributed by atoms with Crippen molar-refractivity contribution in [2.45, 2.75) is 25.8 Å². The van der Waals surface area contributed by atoms with Gasteiger partial charge in [0.05, 0.1) is 0 Å². The Labute approximate surface area is 172 Å². The van der Waals surface area contributed by atoms with E-state index in [4.69, 9.17) is 15.2 Å². The van der Waals surface area contributed by atoms with Crippen LogP contribution >= 0.6 is 24.0 Å². The molecule has 0 atom stereocenters. The number of halogens is 1. The first-order chi connectivity index (χ1) is 12.2. The lowest BCUT2D eigenvalue weighted by Crippen LogP contribution is -2.37. The topological polar surface area (TPSA) is 98.0 Å². The molecular formula is C18H29IN4O3. The Kier molecular flexibility index (Phi) is 11.0. The number of carbonyl (C=O) groups excluding carboxylic acids is 1. The molecule has 26 heavy (non-hydrogen) atoms. The van der Waals surface area contributed by atoms with Crippen molar-refractivity contribution >= 4 is 35.8 Å². The van der Waals surface area contributed by atoms with Crippen LogP contribution in [0.25, 0.3) is 0 Å². The number of nitrogens with zero attached hydrogens (tertiary/aromatic N) is 1. The molecule has 0 spiro atoms. The van der Waals surface area contributed by atoms with Crippen LogP contribution in [0.1, 0.15) is 24.8 Å². The second kappa shape index (κ2) is 12.7. The highest BCUT2D eigenvalue weighted by atomic mass is 127. The highest BCUT2D eigenvalue weighted by Gasteiger charge is 2.20. The number of nitrogens with two attached hydrogens (primary N) is 1. The maximum Gasteiger partial charge on any atom is 0.255 e. The summed E-state index contributed by atoms with van der Waals surface area (Å²) in [6.45, 7) is 2.97. The predicted molar refractivity (Wildman–Crippen MR) is 113 cm³/mol. The molecule has 0 bridgehead atoms. The molecule has 4 N–H and O–H groups in total. The Balaban J connectivity index is 0.00000338. The SMILES string of the molecule is CN=C(NCCCOCC1CC1)NCc1cccc(OCC(N)=O)c1.I. The fourth-order valence-corrected chi connectivity index (χ4v) is 2.22. The van der Waals surface area contributed by atoms with Gasteiger partial charge in [0.15, 0.2) is 12.6 Å². The third kappa shape index (κ3) is 9.81. The maximum atomic E-state index is 10.8. The lowest BCUT2D eigenvalue weighted by Gasteiger charge is -2.12. The predicted octanol–water partition coefficient (Wildman–Crippen LogP) is 1.65. The van der Waals surface area contributed by atoms with E-state index in [0.717, 1.165) is 43.6 Å². The molecule has 1 fully saturated rings. The lowest BCUT2D eigenvalue weighted by molar-refractivity contribution is -0.119. The molecule has 1 aliphatic rings. The molecule has 0 saturated heterocycles. The Morgan fingerprint density at radius 1 is 1.35 bits per heavy atom. The highest BCUT2D eigenvalue weighted by molar-refractivity contribution is 14.0. The number of carbonyl (C=O) groups is 1. The van der Waals surface area contributed by atoms with E-state index in [-0.39, 0.29) is 30.6 Å². The Morgan fingerprint density at radius 3 is 2.85 bits per heavy atom. The zero-order chi connectivity index (χ0) is 17.9. The quantitative estimate of drug-likeness (QED) is 0.195. The monoisotopic (exact) mass is 476 g/mol. The van der Waals surface area contributed by atoms with E-state index in [1.54, 1.807) is 13.1 Å². The van der Waals surface area contributed by atoms with Crippen molar-refractivity contribution in [3.05, 3.63) is 29.8 Å². The number of aliphatic imine (C=N–C) groups is 1. The maximum absolute atomic E-state index is 10.8. The minimum Gasteiger partial charge on any atom is -0.484 e. The number of amides is 1. The van der Waals surface area contributed by atoms with Gasteiger partial charge in [-0.2, -0.15) is 0 Å². The van der Waals surface area contributed by atoms with E-state index in [2.05, 4.69) is 15.6 Å². The molecular weight excluding hydrogens is 447 g/mol. The molecule has 0 radical (unpaired) electrons.